The molecule has 0 amide bonds. The first-order valence-corrected chi connectivity index (χ1v) is 6.96. The fourth-order valence-corrected chi connectivity index (χ4v) is 2.75. The number of ether oxygens (including phenoxy) is 2. The van der Waals surface area contributed by atoms with E-state index >= 15 is 0 Å². The second-order valence-corrected chi connectivity index (χ2v) is 5.29. The highest BCUT2D eigenvalue weighted by Gasteiger charge is 2.07. The van der Waals surface area contributed by atoms with Crippen LogP contribution in [-0.4, -0.2) is 18.6 Å². The van der Waals surface area contributed by atoms with E-state index in [1.807, 2.05) is 31.2 Å². The number of methoxy groups -OCH3 is 1. The van der Waals surface area contributed by atoms with E-state index < -0.39 is 0 Å². The van der Waals surface area contributed by atoms with Crippen LogP contribution in [0.2, 0.25) is 0 Å². The Bertz CT molecular complexity index is 540. The lowest BCUT2D eigenvalue weighted by atomic mass is 10.3. The summed E-state index contributed by atoms with van der Waals surface area (Å²) >= 11 is 1.67. The van der Waals surface area contributed by atoms with Crippen molar-refractivity contribution in [2.75, 3.05) is 13.7 Å². The van der Waals surface area contributed by atoms with Crippen LogP contribution >= 0.6 is 11.3 Å². The number of rotatable bonds is 6. The minimum Gasteiger partial charge on any atom is -0.497 e. The zero-order chi connectivity index (χ0) is 13.7. The largest absolute Gasteiger partial charge is 0.497 e. The van der Waals surface area contributed by atoms with Crippen LogP contribution in [0.15, 0.2) is 24.3 Å². The van der Waals surface area contributed by atoms with Gasteiger partial charge in [0.05, 0.1) is 12.8 Å². The van der Waals surface area contributed by atoms with Gasteiger partial charge in [-0.1, -0.05) is 6.07 Å². The molecular weight excluding hydrogens is 260 g/mol. The van der Waals surface area contributed by atoms with Crippen LogP contribution in [0.1, 0.15) is 15.6 Å². The van der Waals surface area contributed by atoms with E-state index in [0.717, 1.165) is 28.6 Å². The topological polar surface area (TPSA) is 57.4 Å². The summed E-state index contributed by atoms with van der Waals surface area (Å²) in [6.45, 7) is 3.14. The first-order chi connectivity index (χ1) is 9.22. The summed E-state index contributed by atoms with van der Waals surface area (Å²) in [6.07, 6.45) is 0.878. The van der Waals surface area contributed by atoms with Crippen molar-refractivity contribution in [1.29, 1.82) is 0 Å². The van der Waals surface area contributed by atoms with E-state index in [9.17, 15) is 0 Å². The molecule has 0 unspecified atom stereocenters. The van der Waals surface area contributed by atoms with Crippen molar-refractivity contribution in [3.05, 3.63) is 39.8 Å². The second kappa shape index (κ2) is 6.54. The summed E-state index contributed by atoms with van der Waals surface area (Å²) in [7, 11) is 1.64. The van der Waals surface area contributed by atoms with E-state index in [1.54, 1.807) is 18.4 Å². The molecule has 102 valence electrons. The monoisotopic (exact) mass is 278 g/mol. The number of aryl methyl sites for hydroxylation is 1. The predicted octanol–water partition coefficient (Wildman–Crippen LogP) is 2.54. The van der Waals surface area contributed by atoms with Crippen LogP contribution in [0.3, 0.4) is 0 Å². The van der Waals surface area contributed by atoms with Gasteiger partial charge in [-0.05, 0) is 32.0 Å². The molecule has 0 radical (unpaired) electrons. The SMILES string of the molecule is COc1cccc(OCc2nc(C)c(CCN)s2)c1. The van der Waals surface area contributed by atoms with Crippen LogP contribution in [0, 0.1) is 6.92 Å². The number of hydrogen-bond donors (Lipinski definition) is 1. The minimum absolute atomic E-state index is 0.475. The molecule has 0 aliphatic rings. The van der Waals surface area contributed by atoms with Gasteiger partial charge in [0.2, 0.25) is 0 Å². The quantitative estimate of drug-likeness (QED) is 0.882. The molecule has 19 heavy (non-hydrogen) atoms. The highest BCUT2D eigenvalue weighted by Crippen LogP contribution is 2.22. The van der Waals surface area contributed by atoms with Crippen LogP contribution in [0.5, 0.6) is 11.5 Å². The zero-order valence-electron chi connectivity index (χ0n) is 11.2. The van der Waals surface area contributed by atoms with Crippen molar-refractivity contribution in [3.8, 4) is 11.5 Å². The van der Waals surface area contributed by atoms with Gasteiger partial charge in [-0.3, -0.25) is 0 Å². The number of benzene rings is 1. The van der Waals surface area contributed by atoms with Gasteiger partial charge in [-0.25, -0.2) is 4.98 Å². The average Bonchev–Trinajstić information content (AvgIpc) is 2.78. The third kappa shape index (κ3) is 3.68. The summed E-state index contributed by atoms with van der Waals surface area (Å²) in [5.74, 6) is 1.57. The molecule has 1 heterocycles. The zero-order valence-corrected chi connectivity index (χ0v) is 12.0. The van der Waals surface area contributed by atoms with Gasteiger partial charge in [0, 0.05) is 10.9 Å². The number of nitrogens with two attached hydrogens (primary N) is 1. The predicted molar refractivity (Wildman–Crippen MR) is 76.9 cm³/mol. The summed E-state index contributed by atoms with van der Waals surface area (Å²) in [5, 5.41) is 0.976. The first-order valence-electron chi connectivity index (χ1n) is 6.15. The molecule has 0 saturated carbocycles. The molecule has 0 atom stereocenters. The Balaban J connectivity index is 1.99. The highest BCUT2D eigenvalue weighted by molar-refractivity contribution is 7.11. The third-order valence-corrected chi connectivity index (χ3v) is 3.90. The van der Waals surface area contributed by atoms with Crippen LogP contribution in [0.4, 0.5) is 0 Å². The molecule has 0 fully saturated rings. The molecule has 2 N–H and O–H groups in total. The molecule has 0 aliphatic carbocycles. The molecule has 4 nitrogen and oxygen atoms in total. The van der Waals surface area contributed by atoms with Gasteiger partial charge in [0.15, 0.2) is 0 Å². The molecule has 1 aromatic heterocycles. The summed E-state index contributed by atoms with van der Waals surface area (Å²) in [5.41, 5.74) is 6.62. The van der Waals surface area contributed by atoms with Crippen LogP contribution in [0.25, 0.3) is 0 Å². The number of aromatic nitrogens is 1. The van der Waals surface area contributed by atoms with Gasteiger partial charge in [-0.2, -0.15) is 0 Å². The van der Waals surface area contributed by atoms with Gasteiger partial charge in [-0.15, -0.1) is 11.3 Å². The molecule has 1 aromatic carbocycles. The second-order valence-electron chi connectivity index (χ2n) is 4.12. The smallest absolute Gasteiger partial charge is 0.140 e. The lowest BCUT2D eigenvalue weighted by Gasteiger charge is -2.05. The van der Waals surface area contributed by atoms with Crippen LogP contribution in [-0.2, 0) is 13.0 Å². The Kier molecular flexibility index (Phi) is 4.76. The Morgan fingerprint density at radius 3 is 2.84 bits per heavy atom. The van der Waals surface area contributed by atoms with Gasteiger partial charge in [0.25, 0.3) is 0 Å². The van der Waals surface area contributed by atoms with Crippen LogP contribution < -0.4 is 15.2 Å². The molecular formula is C14H18N2O2S. The van der Waals surface area contributed by atoms with Crippen molar-refractivity contribution in [3.63, 3.8) is 0 Å². The number of thiazole rings is 1. The maximum atomic E-state index is 5.72. The van der Waals surface area contributed by atoms with E-state index in [0.29, 0.717) is 13.2 Å². The van der Waals surface area contributed by atoms with Crippen molar-refractivity contribution < 1.29 is 9.47 Å². The molecule has 2 aromatic rings. The molecule has 2 rings (SSSR count). The first kappa shape index (κ1) is 13.8. The molecule has 5 heteroatoms. The minimum atomic E-state index is 0.475. The standard InChI is InChI=1S/C14H18N2O2S/c1-10-13(6-7-15)19-14(16-10)9-18-12-5-3-4-11(8-12)17-2/h3-5,8H,6-7,9,15H2,1-2H3. The van der Waals surface area contributed by atoms with Gasteiger partial charge in [0.1, 0.15) is 23.1 Å². The Labute approximate surface area is 117 Å². The van der Waals surface area contributed by atoms with E-state index in [2.05, 4.69) is 4.98 Å². The van der Waals surface area contributed by atoms with E-state index in [-0.39, 0.29) is 0 Å². The van der Waals surface area contributed by atoms with Crippen molar-refractivity contribution in [1.82, 2.24) is 4.98 Å². The fourth-order valence-electron chi connectivity index (χ4n) is 1.75. The number of nitrogens with zero attached hydrogens (tertiary/aromatic N) is 1. The Morgan fingerprint density at radius 2 is 2.11 bits per heavy atom. The maximum absolute atomic E-state index is 5.72. The Morgan fingerprint density at radius 1 is 1.32 bits per heavy atom. The molecule has 0 saturated heterocycles. The normalized spacial score (nSPS) is 10.5. The maximum Gasteiger partial charge on any atom is 0.140 e. The fraction of sp³-hybridized carbons (Fsp3) is 0.357. The van der Waals surface area contributed by atoms with Crippen molar-refractivity contribution >= 4 is 11.3 Å². The summed E-state index contributed by atoms with van der Waals surface area (Å²) in [6, 6.07) is 7.56. The Hall–Kier alpha value is -1.59. The van der Waals surface area contributed by atoms with E-state index in [4.69, 9.17) is 15.2 Å². The average molecular weight is 278 g/mol. The van der Waals surface area contributed by atoms with E-state index in [1.165, 1.54) is 4.88 Å². The molecule has 0 spiro atoms. The van der Waals surface area contributed by atoms with Crippen molar-refractivity contribution in [2.45, 2.75) is 20.0 Å². The lowest BCUT2D eigenvalue weighted by molar-refractivity contribution is 0.303. The lowest BCUT2D eigenvalue weighted by Crippen LogP contribution is -2.01. The van der Waals surface area contributed by atoms with Crippen molar-refractivity contribution in [2.24, 2.45) is 5.73 Å². The number of hydrogen-bond acceptors (Lipinski definition) is 5. The molecule has 0 bridgehead atoms. The summed E-state index contributed by atoms with van der Waals surface area (Å²) in [4.78, 5) is 5.74. The van der Waals surface area contributed by atoms with Gasteiger partial charge < -0.3 is 15.2 Å². The summed E-state index contributed by atoms with van der Waals surface area (Å²) < 4.78 is 10.9. The van der Waals surface area contributed by atoms with Gasteiger partial charge >= 0.3 is 0 Å². The highest BCUT2D eigenvalue weighted by atomic mass is 32.1. The third-order valence-electron chi connectivity index (χ3n) is 2.71. The molecule has 0 aliphatic heterocycles.